The topological polar surface area (TPSA) is 119 Å². The van der Waals surface area contributed by atoms with Crippen LogP contribution >= 0.6 is 11.3 Å². The summed E-state index contributed by atoms with van der Waals surface area (Å²) in [5.74, 6) is 0.929. The largest absolute Gasteiger partial charge is 0.434 e. The molecule has 35 heavy (non-hydrogen) atoms. The van der Waals surface area contributed by atoms with Gasteiger partial charge in [-0.05, 0) is 19.1 Å². The first-order valence-corrected chi connectivity index (χ1v) is 11.4. The molecular weight excluding hydrogens is 483 g/mol. The molecule has 2 amide bonds. The van der Waals surface area contributed by atoms with E-state index in [0.29, 0.717) is 34.7 Å². The minimum absolute atomic E-state index is 0.0425. The Morgan fingerprint density at radius 1 is 1.11 bits per heavy atom. The smallest absolute Gasteiger partial charge is 0.420 e. The van der Waals surface area contributed by atoms with E-state index in [0.717, 1.165) is 16.7 Å². The standard InChI is InChI=1S/C22H20F3N7O2S/c1-4-27-21(33)30-17-6-14(20-29-16(10-35-20)22(23,24)25)15(9-28-17)12-5-13(8-26-7-12)19-32-31-18(34-19)11(2)3/h5-11H,4H2,1-3H3,(H2,27,28,30,33). The predicted octanol–water partition coefficient (Wildman–Crippen LogP) is 5.60. The number of anilines is 1. The van der Waals surface area contributed by atoms with Crippen molar-refractivity contribution in [3.05, 3.63) is 47.7 Å². The Morgan fingerprint density at radius 3 is 2.54 bits per heavy atom. The molecule has 0 aliphatic rings. The van der Waals surface area contributed by atoms with Gasteiger partial charge in [0.05, 0.1) is 5.56 Å². The molecule has 0 radical (unpaired) electrons. The maximum atomic E-state index is 13.2. The number of hydrogen-bond donors (Lipinski definition) is 2. The molecule has 4 heterocycles. The SMILES string of the molecule is CCNC(=O)Nc1cc(-c2nc(C(F)(F)F)cs2)c(-c2cncc(-c3nnc(C(C)C)o3)c2)cn1. The van der Waals surface area contributed by atoms with Gasteiger partial charge in [-0.1, -0.05) is 13.8 Å². The molecule has 0 aromatic carbocycles. The average Bonchev–Trinajstić information content (AvgIpc) is 3.50. The molecule has 13 heteroatoms. The Balaban J connectivity index is 1.79. The summed E-state index contributed by atoms with van der Waals surface area (Å²) in [6.07, 6.45) is -0.0550. The number of urea groups is 1. The number of carbonyl (C=O) groups is 1. The molecule has 4 aromatic heterocycles. The molecule has 0 spiro atoms. The van der Waals surface area contributed by atoms with E-state index >= 15 is 0 Å². The summed E-state index contributed by atoms with van der Waals surface area (Å²) in [4.78, 5) is 24.2. The quantitative estimate of drug-likeness (QED) is 0.351. The van der Waals surface area contributed by atoms with Crippen LogP contribution in [0.2, 0.25) is 0 Å². The second-order valence-corrected chi connectivity index (χ2v) is 8.56. The number of alkyl halides is 3. The predicted molar refractivity (Wildman–Crippen MR) is 124 cm³/mol. The maximum absolute atomic E-state index is 13.2. The van der Waals surface area contributed by atoms with Crippen LogP contribution in [0.3, 0.4) is 0 Å². The summed E-state index contributed by atoms with van der Waals surface area (Å²) in [6.45, 7) is 5.99. The van der Waals surface area contributed by atoms with Crippen molar-refractivity contribution in [3.8, 4) is 33.2 Å². The van der Waals surface area contributed by atoms with Gasteiger partial charge < -0.3 is 9.73 Å². The van der Waals surface area contributed by atoms with E-state index in [-0.39, 0.29) is 22.6 Å². The molecule has 0 aliphatic heterocycles. The lowest BCUT2D eigenvalue weighted by Gasteiger charge is -2.11. The van der Waals surface area contributed by atoms with Gasteiger partial charge in [0.15, 0.2) is 5.69 Å². The summed E-state index contributed by atoms with van der Waals surface area (Å²) >= 11 is 0.835. The van der Waals surface area contributed by atoms with E-state index in [1.807, 2.05) is 13.8 Å². The zero-order valence-corrected chi connectivity index (χ0v) is 19.7. The lowest BCUT2D eigenvalue weighted by atomic mass is 10.0. The van der Waals surface area contributed by atoms with Crippen molar-refractivity contribution in [1.29, 1.82) is 0 Å². The molecule has 0 atom stereocenters. The molecule has 4 aromatic rings. The van der Waals surface area contributed by atoms with Gasteiger partial charge in [0.2, 0.25) is 11.8 Å². The summed E-state index contributed by atoms with van der Waals surface area (Å²) in [6, 6.07) is 2.70. The highest BCUT2D eigenvalue weighted by Crippen LogP contribution is 2.39. The lowest BCUT2D eigenvalue weighted by Crippen LogP contribution is -2.28. The normalized spacial score (nSPS) is 11.6. The molecule has 0 saturated heterocycles. The van der Waals surface area contributed by atoms with Gasteiger partial charge in [-0.15, -0.1) is 21.5 Å². The minimum Gasteiger partial charge on any atom is -0.420 e. The fourth-order valence-electron chi connectivity index (χ4n) is 3.07. The molecule has 0 unspecified atom stereocenters. The Labute approximate surface area is 201 Å². The number of hydrogen-bond acceptors (Lipinski definition) is 8. The van der Waals surface area contributed by atoms with Crippen LogP contribution < -0.4 is 10.6 Å². The molecule has 0 bridgehead atoms. The molecule has 0 fully saturated rings. The monoisotopic (exact) mass is 503 g/mol. The summed E-state index contributed by atoms with van der Waals surface area (Å²) in [5, 5.41) is 14.3. The van der Waals surface area contributed by atoms with E-state index in [2.05, 4.69) is 35.8 Å². The van der Waals surface area contributed by atoms with Crippen LogP contribution in [0.4, 0.5) is 23.8 Å². The van der Waals surface area contributed by atoms with Crippen molar-refractivity contribution >= 4 is 23.2 Å². The highest BCUT2D eigenvalue weighted by Gasteiger charge is 2.34. The first kappa shape index (κ1) is 24.3. The fraction of sp³-hybridized carbons (Fsp3) is 0.273. The number of halogens is 3. The van der Waals surface area contributed by atoms with E-state index < -0.39 is 17.9 Å². The third-order valence-electron chi connectivity index (χ3n) is 4.74. The zero-order valence-electron chi connectivity index (χ0n) is 18.8. The van der Waals surface area contributed by atoms with Gasteiger partial charge in [-0.2, -0.15) is 13.2 Å². The molecule has 0 aliphatic carbocycles. The number of thiazole rings is 1. The van der Waals surface area contributed by atoms with Crippen LogP contribution in [-0.2, 0) is 6.18 Å². The van der Waals surface area contributed by atoms with Crippen LogP contribution in [-0.4, -0.2) is 37.7 Å². The van der Waals surface area contributed by atoms with E-state index in [9.17, 15) is 18.0 Å². The van der Waals surface area contributed by atoms with Crippen molar-refractivity contribution < 1.29 is 22.4 Å². The number of rotatable bonds is 6. The third kappa shape index (κ3) is 5.45. The molecule has 0 saturated carbocycles. The van der Waals surface area contributed by atoms with Gasteiger partial charge in [-0.25, -0.2) is 14.8 Å². The van der Waals surface area contributed by atoms with Gasteiger partial charge in [0.1, 0.15) is 10.8 Å². The number of carbonyl (C=O) groups excluding carboxylic acids is 1. The Bertz CT molecular complexity index is 1350. The van der Waals surface area contributed by atoms with E-state index in [4.69, 9.17) is 4.42 Å². The number of nitrogens with zero attached hydrogens (tertiary/aromatic N) is 5. The van der Waals surface area contributed by atoms with Crippen LogP contribution in [0.5, 0.6) is 0 Å². The second-order valence-electron chi connectivity index (χ2n) is 7.70. The first-order valence-electron chi connectivity index (χ1n) is 10.5. The first-order chi connectivity index (χ1) is 16.7. The van der Waals surface area contributed by atoms with Gasteiger partial charge in [-0.3, -0.25) is 10.3 Å². The Hall–Kier alpha value is -3.87. The number of amides is 2. The van der Waals surface area contributed by atoms with E-state index in [1.54, 1.807) is 25.4 Å². The highest BCUT2D eigenvalue weighted by molar-refractivity contribution is 7.13. The second kappa shape index (κ2) is 9.78. The molecule has 9 nitrogen and oxygen atoms in total. The average molecular weight is 504 g/mol. The van der Waals surface area contributed by atoms with E-state index in [1.165, 1.54) is 12.3 Å². The lowest BCUT2D eigenvalue weighted by molar-refractivity contribution is -0.140. The summed E-state index contributed by atoms with van der Waals surface area (Å²) < 4.78 is 45.3. The molecular formula is C22H20F3N7O2S. The molecule has 182 valence electrons. The van der Waals surface area contributed by atoms with Gasteiger partial charge in [0, 0.05) is 53.1 Å². The summed E-state index contributed by atoms with van der Waals surface area (Å²) in [5.41, 5.74) is 0.889. The third-order valence-corrected chi connectivity index (χ3v) is 5.61. The van der Waals surface area contributed by atoms with Crippen molar-refractivity contribution in [2.24, 2.45) is 0 Å². The highest BCUT2D eigenvalue weighted by atomic mass is 32.1. The Kier molecular flexibility index (Phi) is 6.78. The van der Waals surface area contributed by atoms with Crippen LogP contribution in [0, 0.1) is 0 Å². The van der Waals surface area contributed by atoms with Gasteiger partial charge >= 0.3 is 12.2 Å². The van der Waals surface area contributed by atoms with Gasteiger partial charge in [0.25, 0.3) is 0 Å². The summed E-state index contributed by atoms with van der Waals surface area (Å²) in [7, 11) is 0. The number of nitrogens with one attached hydrogen (secondary N) is 2. The Morgan fingerprint density at radius 2 is 1.89 bits per heavy atom. The van der Waals surface area contributed by atoms with Crippen molar-refractivity contribution in [2.45, 2.75) is 32.9 Å². The zero-order chi connectivity index (χ0) is 25.2. The van der Waals surface area contributed by atoms with Crippen LogP contribution in [0.1, 0.15) is 38.3 Å². The molecule has 2 N–H and O–H groups in total. The number of pyridine rings is 2. The van der Waals surface area contributed by atoms with Crippen molar-refractivity contribution in [1.82, 2.24) is 30.5 Å². The fourth-order valence-corrected chi connectivity index (χ4v) is 3.92. The maximum Gasteiger partial charge on any atom is 0.434 e. The van der Waals surface area contributed by atoms with Crippen LogP contribution in [0.25, 0.3) is 33.2 Å². The minimum atomic E-state index is -4.59. The molecule has 4 rings (SSSR count). The van der Waals surface area contributed by atoms with Crippen molar-refractivity contribution in [3.63, 3.8) is 0 Å². The van der Waals surface area contributed by atoms with Crippen molar-refractivity contribution in [2.75, 3.05) is 11.9 Å². The number of aromatic nitrogens is 5. The van der Waals surface area contributed by atoms with Crippen LogP contribution in [0.15, 0.2) is 40.5 Å².